The summed E-state index contributed by atoms with van der Waals surface area (Å²) in [6.45, 7) is 2.17. The zero-order valence-corrected chi connectivity index (χ0v) is 16.2. The summed E-state index contributed by atoms with van der Waals surface area (Å²) >= 11 is 0. The Morgan fingerprint density at radius 1 is 0.897 bits per heavy atom. The van der Waals surface area contributed by atoms with Crippen LogP contribution in [-0.4, -0.2) is 24.9 Å². The van der Waals surface area contributed by atoms with Gasteiger partial charge in [-0.2, -0.15) is 5.26 Å². The molecule has 1 aliphatic heterocycles. The van der Waals surface area contributed by atoms with Crippen molar-refractivity contribution in [3.8, 4) is 6.07 Å². The number of hydrogen-bond acceptors (Lipinski definition) is 4. The molecule has 1 saturated carbocycles. The fourth-order valence-electron chi connectivity index (χ4n) is 3.83. The largest absolute Gasteiger partial charge is 0.372 e. The quantitative estimate of drug-likeness (QED) is 0.817. The molecule has 2 N–H and O–H groups in total. The van der Waals surface area contributed by atoms with E-state index in [1.165, 1.54) is 24.9 Å². The van der Waals surface area contributed by atoms with Gasteiger partial charge in [-0.05, 0) is 62.1 Å². The number of benzene rings is 2. The molecule has 1 aliphatic carbocycles. The maximum atomic E-state index is 12.5. The average Bonchev–Trinajstić information content (AvgIpc) is 3.57. The van der Waals surface area contributed by atoms with E-state index in [1.54, 1.807) is 24.3 Å². The Kier molecular flexibility index (Phi) is 5.48. The van der Waals surface area contributed by atoms with E-state index in [1.807, 2.05) is 24.3 Å². The smallest absolute Gasteiger partial charge is 0.228 e. The SMILES string of the molecule is N#Cc1ccccc1NC(=O)C1CC1C(=O)Nc1ccc(N2CCCCC2)cc1. The highest BCUT2D eigenvalue weighted by atomic mass is 16.2. The first-order valence-electron chi connectivity index (χ1n) is 10.1. The highest BCUT2D eigenvalue weighted by Gasteiger charge is 2.48. The molecule has 2 unspecified atom stereocenters. The van der Waals surface area contributed by atoms with Gasteiger partial charge in [-0.15, -0.1) is 0 Å². The molecule has 2 aromatic rings. The Morgan fingerprint density at radius 3 is 2.24 bits per heavy atom. The van der Waals surface area contributed by atoms with E-state index >= 15 is 0 Å². The molecule has 2 amide bonds. The van der Waals surface area contributed by atoms with Crippen LogP contribution in [0.2, 0.25) is 0 Å². The van der Waals surface area contributed by atoms with Gasteiger partial charge in [-0.1, -0.05) is 12.1 Å². The normalized spacial score (nSPS) is 20.4. The van der Waals surface area contributed by atoms with Crippen LogP contribution >= 0.6 is 0 Å². The first-order valence-corrected chi connectivity index (χ1v) is 10.1. The predicted octanol–water partition coefficient (Wildman–Crippen LogP) is 3.76. The van der Waals surface area contributed by atoms with Gasteiger partial charge in [0.2, 0.25) is 11.8 Å². The lowest BCUT2D eigenvalue weighted by molar-refractivity contribution is -0.122. The summed E-state index contributed by atoms with van der Waals surface area (Å²) in [5, 5.41) is 14.8. The fourth-order valence-corrected chi connectivity index (χ4v) is 3.83. The molecule has 2 aromatic carbocycles. The second-order valence-electron chi connectivity index (χ2n) is 7.68. The lowest BCUT2D eigenvalue weighted by Gasteiger charge is -2.28. The molecule has 6 heteroatoms. The minimum Gasteiger partial charge on any atom is -0.372 e. The summed E-state index contributed by atoms with van der Waals surface area (Å²) in [4.78, 5) is 27.3. The van der Waals surface area contributed by atoms with Crippen LogP contribution in [0.5, 0.6) is 0 Å². The Balaban J connectivity index is 1.31. The molecular weight excluding hydrogens is 364 g/mol. The first-order chi connectivity index (χ1) is 14.2. The van der Waals surface area contributed by atoms with E-state index in [0.717, 1.165) is 18.8 Å². The number of amides is 2. The minimum atomic E-state index is -0.352. The topological polar surface area (TPSA) is 85.2 Å². The molecule has 0 aromatic heterocycles. The van der Waals surface area contributed by atoms with Gasteiger partial charge < -0.3 is 15.5 Å². The van der Waals surface area contributed by atoms with Crippen molar-refractivity contribution in [3.05, 3.63) is 54.1 Å². The number of hydrogen-bond donors (Lipinski definition) is 2. The maximum Gasteiger partial charge on any atom is 0.228 e. The van der Waals surface area contributed by atoms with E-state index in [-0.39, 0.29) is 23.7 Å². The Morgan fingerprint density at radius 2 is 1.55 bits per heavy atom. The molecule has 1 saturated heterocycles. The number of piperidine rings is 1. The Hall–Kier alpha value is -3.33. The molecule has 4 rings (SSSR count). The van der Waals surface area contributed by atoms with E-state index in [4.69, 9.17) is 5.26 Å². The molecule has 0 spiro atoms. The van der Waals surface area contributed by atoms with Crippen molar-refractivity contribution in [2.75, 3.05) is 28.6 Å². The Labute approximate surface area is 170 Å². The maximum absolute atomic E-state index is 12.5. The monoisotopic (exact) mass is 388 g/mol. The Bertz CT molecular complexity index is 942. The lowest BCUT2D eigenvalue weighted by atomic mass is 10.1. The van der Waals surface area contributed by atoms with Crippen LogP contribution < -0.4 is 15.5 Å². The van der Waals surface area contributed by atoms with Gasteiger partial charge >= 0.3 is 0 Å². The second kappa shape index (κ2) is 8.36. The van der Waals surface area contributed by atoms with Crippen molar-refractivity contribution in [1.82, 2.24) is 0 Å². The third kappa shape index (κ3) is 4.40. The van der Waals surface area contributed by atoms with Crippen molar-refractivity contribution in [2.45, 2.75) is 25.7 Å². The van der Waals surface area contributed by atoms with Gasteiger partial charge in [-0.25, -0.2) is 0 Å². The number of nitriles is 1. The van der Waals surface area contributed by atoms with E-state index in [0.29, 0.717) is 17.7 Å². The van der Waals surface area contributed by atoms with Crippen molar-refractivity contribution >= 4 is 28.9 Å². The summed E-state index contributed by atoms with van der Waals surface area (Å²) in [5.74, 6) is -1.03. The molecule has 6 nitrogen and oxygen atoms in total. The highest BCUT2D eigenvalue weighted by Crippen LogP contribution is 2.40. The van der Waals surface area contributed by atoms with Gasteiger partial charge in [-0.3, -0.25) is 9.59 Å². The summed E-state index contributed by atoms with van der Waals surface area (Å²) in [6.07, 6.45) is 4.27. The number of carbonyl (C=O) groups is 2. The van der Waals surface area contributed by atoms with Crippen molar-refractivity contribution < 1.29 is 9.59 Å². The van der Waals surface area contributed by atoms with Crippen LogP contribution in [0.3, 0.4) is 0 Å². The van der Waals surface area contributed by atoms with Gasteiger partial charge in [0.15, 0.2) is 0 Å². The van der Waals surface area contributed by atoms with Crippen LogP contribution in [0.1, 0.15) is 31.2 Å². The first kappa shape index (κ1) is 19.0. The van der Waals surface area contributed by atoms with Gasteiger partial charge in [0.25, 0.3) is 0 Å². The summed E-state index contributed by atoms with van der Waals surface area (Å²) in [7, 11) is 0. The van der Waals surface area contributed by atoms with Crippen molar-refractivity contribution in [3.63, 3.8) is 0 Å². The van der Waals surface area contributed by atoms with E-state index in [2.05, 4.69) is 21.6 Å². The van der Waals surface area contributed by atoms with E-state index < -0.39 is 0 Å². The van der Waals surface area contributed by atoms with E-state index in [9.17, 15) is 9.59 Å². The molecule has 148 valence electrons. The lowest BCUT2D eigenvalue weighted by Crippen LogP contribution is -2.29. The fraction of sp³-hybridized carbons (Fsp3) is 0.348. The number of anilines is 3. The molecule has 0 bridgehead atoms. The molecule has 29 heavy (non-hydrogen) atoms. The molecule has 2 fully saturated rings. The standard InChI is InChI=1S/C23H24N4O2/c24-15-16-6-2-3-7-21(16)26-23(29)20-14-19(20)22(28)25-17-8-10-18(11-9-17)27-12-4-1-5-13-27/h2-3,6-11,19-20H,1,4-5,12-14H2,(H,25,28)(H,26,29). The van der Waals surface area contributed by atoms with Crippen molar-refractivity contribution in [2.24, 2.45) is 11.8 Å². The number of rotatable bonds is 5. The number of para-hydroxylation sites is 1. The second-order valence-corrected chi connectivity index (χ2v) is 7.68. The predicted molar refractivity (Wildman–Crippen MR) is 113 cm³/mol. The van der Waals surface area contributed by atoms with Gasteiger partial charge in [0.05, 0.1) is 23.1 Å². The van der Waals surface area contributed by atoms with Gasteiger partial charge in [0.1, 0.15) is 6.07 Å². The number of nitrogens with zero attached hydrogens (tertiary/aromatic N) is 2. The highest BCUT2D eigenvalue weighted by molar-refractivity contribution is 6.03. The van der Waals surface area contributed by atoms with Crippen LogP contribution in [0, 0.1) is 23.2 Å². The molecule has 2 atom stereocenters. The number of carbonyl (C=O) groups excluding carboxylic acids is 2. The van der Waals surface area contributed by atoms with Crippen LogP contribution in [0.15, 0.2) is 48.5 Å². The third-order valence-electron chi connectivity index (χ3n) is 5.63. The molecule has 2 aliphatic rings. The molecule has 1 heterocycles. The zero-order chi connectivity index (χ0) is 20.2. The summed E-state index contributed by atoms with van der Waals surface area (Å²) < 4.78 is 0. The molecule has 0 radical (unpaired) electrons. The summed E-state index contributed by atoms with van der Waals surface area (Å²) in [5.41, 5.74) is 2.83. The third-order valence-corrected chi connectivity index (χ3v) is 5.63. The van der Waals surface area contributed by atoms with Crippen LogP contribution in [0.4, 0.5) is 17.1 Å². The minimum absolute atomic E-state index is 0.135. The van der Waals surface area contributed by atoms with Crippen LogP contribution in [-0.2, 0) is 9.59 Å². The zero-order valence-electron chi connectivity index (χ0n) is 16.2. The molecular formula is C23H24N4O2. The number of nitrogens with one attached hydrogen (secondary N) is 2. The summed E-state index contributed by atoms with van der Waals surface area (Å²) in [6, 6.07) is 16.8. The van der Waals surface area contributed by atoms with Gasteiger partial charge in [0, 0.05) is 24.5 Å². The van der Waals surface area contributed by atoms with Crippen molar-refractivity contribution in [1.29, 1.82) is 5.26 Å². The van der Waals surface area contributed by atoms with Crippen LogP contribution in [0.25, 0.3) is 0 Å². The average molecular weight is 388 g/mol.